The number of carbonyl (C=O) groups excluding carboxylic acids is 2. The molecule has 136 valence electrons. The van der Waals surface area contributed by atoms with Gasteiger partial charge in [0.25, 0.3) is 11.6 Å². The number of halogens is 1. The Hall–Kier alpha value is -2.93. The van der Waals surface area contributed by atoms with Crippen molar-refractivity contribution >= 4 is 34.8 Å². The molecule has 0 atom stereocenters. The zero-order chi connectivity index (χ0) is 19.4. The SMILES string of the molecule is Cc1cccc(C)c1NC(=O)CN(C)C(=O)c1cc([N+](=O)[O-])ccc1Cl. The highest BCUT2D eigenvalue weighted by Gasteiger charge is 2.21. The summed E-state index contributed by atoms with van der Waals surface area (Å²) in [6, 6.07) is 9.25. The van der Waals surface area contributed by atoms with Gasteiger partial charge in [-0.15, -0.1) is 0 Å². The number of nitro benzene ring substituents is 1. The Morgan fingerprint density at radius 1 is 1.19 bits per heavy atom. The van der Waals surface area contributed by atoms with Gasteiger partial charge in [0.05, 0.1) is 22.1 Å². The summed E-state index contributed by atoms with van der Waals surface area (Å²) in [4.78, 5) is 36.2. The predicted molar refractivity (Wildman–Crippen MR) is 99.6 cm³/mol. The Morgan fingerprint density at radius 3 is 2.38 bits per heavy atom. The van der Waals surface area contributed by atoms with Crippen molar-refractivity contribution in [2.75, 3.05) is 18.9 Å². The lowest BCUT2D eigenvalue weighted by Gasteiger charge is -2.18. The molecular weight excluding hydrogens is 358 g/mol. The quantitative estimate of drug-likeness (QED) is 0.638. The number of nitrogens with zero attached hydrogens (tertiary/aromatic N) is 2. The van der Waals surface area contributed by atoms with Crippen LogP contribution in [0.15, 0.2) is 36.4 Å². The standard InChI is InChI=1S/C18H18ClN3O4/c1-11-5-4-6-12(2)17(11)20-16(23)10-21(3)18(24)14-9-13(22(25)26)7-8-15(14)19/h4-9H,10H2,1-3H3,(H,20,23). The van der Waals surface area contributed by atoms with Gasteiger partial charge in [0, 0.05) is 24.9 Å². The van der Waals surface area contributed by atoms with E-state index in [1.54, 1.807) is 0 Å². The molecule has 0 aromatic heterocycles. The monoisotopic (exact) mass is 375 g/mol. The molecule has 7 nitrogen and oxygen atoms in total. The Morgan fingerprint density at radius 2 is 1.81 bits per heavy atom. The minimum absolute atomic E-state index is 0.0248. The molecule has 2 amide bonds. The molecule has 0 bridgehead atoms. The first-order valence-electron chi connectivity index (χ1n) is 7.76. The molecule has 0 saturated heterocycles. The van der Waals surface area contributed by atoms with Crippen LogP contribution in [0.25, 0.3) is 0 Å². The Labute approximate surface area is 155 Å². The molecule has 0 aliphatic carbocycles. The van der Waals surface area contributed by atoms with Gasteiger partial charge in [-0.3, -0.25) is 19.7 Å². The number of para-hydroxylation sites is 1. The van der Waals surface area contributed by atoms with E-state index >= 15 is 0 Å². The van der Waals surface area contributed by atoms with Crippen LogP contribution in [0.3, 0.4) is 0 Å². The second kappa shape index (κ2) is 7.97. The van der Waals surface area contributed by atoms with Gasteiger partial charge in [0.2, 0.25) is 5.91 Å². The fraction of sp³-hybridized carbons (Fsp3) is 0.222. The maximum absolute atomic E-state index is 12.5. The molecule has 0 unspecified atom stereocenters. The number of benzene rings is 2. The number of amides is 2. The van der Waals surface area contributed by atoms with E-state index < -0.39 is 10.8 Å². The van der Waals surface area contributed by atoms with Crippen LogP contribution < -0.4 is 5.32 Å². The van der Waals surface area contributed by atoms with Gasteiger partial charge in [-0.25, -0.2) is 0 Å². The number of rotatable bonds is 5. The van der Waals surface area contributed by atoms with Crippen LogP contribution in [0.2, 0.25) is 5.02 Å². The maximum Gasteiger partial charge on any atom is 0.270 e. The van der Waals surface area contributed by atoms with Crippen molar-refractivity contribution in [2.24, 2.45) is 0 Å². The number of hydrogen-bond acceptors (Lipinski definition) is 4. The third-order valence-corrected chi connectivity index (χ3v) is 4.19. The summed E-state index contributed by atoms with van der Waals surface area (Å²) in [6.45, 7) is 3.53. The van der Waals surface area contributed by atoms with Crippen molar-refractivity contribution in [1.29, 1.82) is 0 Å². The highest BCUT2D eigenvalue weighted by molar-refractivity contribution is 6.34. The van der Waals surface area contributed by atoms with Crippen molar-refractivity contribution in [1.82, 2.24) is 4.90 Å². The van der Waals surface area contributed by atoms with Crippen LogP contribution in [0.5, 0.6) is 0 Å². The molecule has 0 radical (unpaired) electrons. The molecule has 1 N–H and O–H groups in total. The summed E-state index contributed by atoms with van der Waals surface area (Å²) >= 11 is 5.98. The van der Waals surface area contributed by atoms with Crippen LogP contribution in [-0.2, 0) is 4.79 Å². The molecule has 0 aliphatic heterocycles. The molecule has 0 aliphatic rings. The van der Waals surface area contributed by atoms with E-state index in [1.807, 2.05) is 32.0 Å². The number of aryl methyl sites for hydroxylation is 2. The van der Waals surface area contributed by atoms with Crippen LogP contribution in [0.1, 0.15) is 21.5 Å². The van der Waals surface area contributed by atoms with Gasteiger partial charge in [-0.05, 0) is 31.0 Å². The molecule has 0 spiro atoms. The van der Waals surface area contributed by atoms with E-state index in [2.05, 4.69) is 5.32 Å². The zero-order valence-corrected chi connectivity index (χ0v) is 15.3. The molecule has 0 heterocycles. The van der Waals surface area contributed by atoms with Gasteiger partial charge < -0.3 is 10.2 Å². The highest BCUT2D eigenvalue weighted by atomic mass is 35.5. The molecular formula is C18H18ClN3O4. The molecule has 2 aromatic rings. The van der Waals surface area contributed by atoms with Crippen LogP contribution in [-0.4, -0.2) is 35.2 Å². The van der Waals surface area contributed by atoms with Crippen LogP contribution >= 0.6 is 11.6 Å². The maximum atomic E-state index is 12.5. The third kappa shape index (κ3) is 4.37. The second-order valence-corrected chi connectivity index (χ2v) is 6.30. The van der Waals surface area contributed by atoms with Crippen molar-refractivity contribution in [3.05, 3.63) is 68.2 Å². The molecule has 8 heteroatoms. The summed E-state index contributed by atoms with van der Waals surface area (Å²) < 4.78 is 0. The highest BCUT2D eigenvalue weighted by Crippen LogP contribution is 2.23. The van der Waals surface area contributed by atoms with Crippen molar-refractivity contribution in [3.8, 4) is 0 Å². The Balaban J connectivity index is 2.13. The first kappa shape index (κ1) is 19.4. The fourth-order valence-corrected chi connectivity index (χ4v) is 2.67. The average molecular weight is 376 g/mol. The lowest BCUT2D eigenvalue weighted by Crippen LogP contribution is -2.35. The van der Waals surface area contributed by atoms with E-state index in [9.17, 15) is 19.7 Å². The number of anilines is 1. The molecule has 2 rings (SSSR count). The largest absolute Gasteiger partial charge is 0.332 e. The normalized spacial score (nSPS) is 10.3. The van der Waals surface area contributed by atoms with Crippen molar-refractivity contribution in [3.63, 3.8) is 0 Å². The summed E-state index contributed by atoms with van der Waals surface area (Å²) in [5.41, 5.74) is 2.25. The van der Waals surface area contributed by atoms with Crippen LogP contribution in [0, 0.1) is 24.0 Å². The lowest BCUT2D eigenvalue weighted by atomic mass is 10.1. The summed E-state index contributed by atoms with van der Waals surface area (Å²) in [7, 11) is 1.43. The first-order chi connectivity index (χ1) is 12.2. The number of likely N-dealkylation sites (N-methyl/N-ethyl adjacent to an activating group) is 1. The van der Waals surface area contributed by atoms with Crippen molar-refractivity contribution < 1.29 is 14.5 Å². The predicted octanol–water partition coefficient (Wildman–Crippen LogP) is 3.58. The first-order valence-corrected chi connectivity index (χ1v) is 8.14. The van der Waals surface area contributed by atoms with Gasteiger partial charge in [-0.1, -0.05) is 29.8 Å². The Kier molecular flexibility index (Phi) is 5.94. The van der Waals surface area contributed by atoms with Gasteiger partial charge >= 0.3 is 0 Å². The molecule has 0 saturated carbocycles. The van der Waals surface area contributed by atoms with E-state index in [1.165, 1.54) is 19.2 Å². The number of nitrogens with one attached hydrogen (secondary N) is 1. The molecule has 2 aromatic carbocycles. The Bertz CT molecular complexity index is 862. The number of carbonyl (C=O) groups is 2. The van der Waals surface area contributed by atoms with E-state index in [4.69, 9.17) is 11.6 Å². The van der Waals surface area contributed by atoms with Gasteiger partial charge in [0.1, 0.15) is 0 Å². The minimum atomic E-state index is -0.610. The third-order valence-electron chi connectivity index (χ3n) is 3.86. The zero-order valence-electron chi connectivity index (χ0n) is 14.6. The summed E-state index contributed by atoms with van der Waals surface area (Å²) in [6.07, 6.45) is 0. The summed E-state index contributed by atoms with van der Waals surface area (Å²) in [5, 5.41) is 13.7. The van der Waals surface area contributed by atoms with Crippen molar-refractivity contribution in [2.45, 2.75) is 13.8 Å². The molecule has 26 heavy (non-hydrogen) atoms. The smallest absolute Gasteiger partial charge is 0.270 e. The van der Waals surface area contributed by atoms with Gasteiger partial charge in [0.15, 0.2) is 0 Å². The summed E-state index contributed by atoms with van der Waals surface area (Å²) in [5.74, 6) is -0.949. The minimum Gasteiger partial charge on any atom is -0.332 e. The van der Waals surface area contributed by atoms with Crippen LogP contribution in [0.4, 0.5) is 11.4 Å². The fourth-order valence-electron chi connectivity index (χ4n) is 2.47. The topological polar surface area (TPSA) is 92.6 Å². The molecule has 0 fully saturated rings. The van der Waals surface area contributed by atoms with E-state index in [-0.39, 0.29) is 28.7 Å². The number of hydrogen-bond donors (Lipinski definition) is 1. The van der Waals surface area contributed by atoms with E-state index in [0.29, 0.717) is 5.69 Å². The second-order valence-electron chi connectivity index (χ2n) is 5.90. The van der Waals surface area contributed by atoms with Gasteiger partial charge in [-0.2, -0.15) is 0 Å². The average Bonchev–Trinajstić information content (AvgIpc) is 2.57. The van der Waals surface area contributed by atoms with E-state index in [0.717, 1.165) is 22.1 Å². The number of non-ortho nitro benzene ring substituents is 1. The lowest BCUT2D eigenvalue weighted by molar-refractivity contribution is -0.384. The number of nitro groups is 1.